The number of benzene rings is 2. The Hall–Kier alpha value is -3.01. The molecule has 1 saturated heterocycles. The summed E-state index contributed by atoms with van der Waals surface area (Å²) in [6, 6.07) is 20.1. The zero-order valence-corrected chi connectivity index (χ0v) is 22.6. The number of hydrogen-bond acceptors (Lipinski definition) is 8. The lowest BCUT2D eigenvalue weighted by atomic mass is 10.1. The molecule has 0 amide bonds. The fraction of sp³-hybridized carbons (Fsp3) is 0.444. The van der Waals surface area contributed by atoms with Crippen LogP contribution >= 0.6 is 0 Å². The molecular formula is C27H34O8Si. The molecule has 36 heavy (non-hydrogen) atoms. The van der Waals surface area contributed by atoms with Crippen molar-refractivity contribution in [3.05, 3.63) is 60.7 Å². The first-order valence-electron chi connectivity index (χ1n) is 11.9. The van der Waals surface area contributed by atoms with Crippen LogP contribution in [-0.4, -0.2) is 57.4 Å². The summed E-state index contributed by atoms with van der Waals surface area (Å²) in [6.07, 6.45) is -4.22. The van der Waals surface area contributed by atoms with Crippen molar-refractivity contribution in [2.75, 3.05) is 6.61 Å². The molecule has 9 heteroatoms. The maximum Gasteiger partial charge on any atom is 0.305 e. The second-order valence-electron chi connectivity index (χ2n) is 9.77. The van der Waals surface area contributed by atoms with Crippen LogP contribution in [0.5, 0.6) is 0 Å². The Morgan fingerprint density at radius 2 is 1.19 bits per heavy atom. The molecule has 1 aliphatic rings. The molecule has 0 N–H and O–H groups in total. The van der Waals surface area contributed by atoms with E-state index in [9.17, 15) is 14.4 Å². The summed E-state index contributed by atoms with van der Waals surface area (Å²) in [6.45, 7) is 10.1. The SMILES string of the molecule is CC(=O)OC1O[C@H](CO[Si](c2ccccc2)(c2ccccc2)C(C)(C)C)C(OC(C)=O)C1OC(C)=O. The van der Waals surface area contributed by atoms with E-state index in [1.807, 2.05) is 36.4 Å². The van der Waals surface area contributed by atoms with Crippen molar-refractivity contribution in [3.63, 3.8) is 0 Å². The van der Waals surface area contributed by atoms with E-state index in [1.54, 1.807) is 0 Å². The molecule has 0 spiro atoms. The van der Waals surface area contributed by atoms with E-state index < -0.39 is 50.8 Å². The van der Waals surface area contributed by atoms with Crippen molar-refractivity contribution >= 4 is 36.6 Å². The molecule has 0 aromatic heterocycles. The normalized spacial score (nSPS) is 22.1. The number of carbonyl (C=O) groups is 3. The van der Waals surface area contributed by atoms with Gasteiger partial charge in [-0.1, -0.05) is 81.4 Å². The van der Waals surface area contributed by atoms with Crippen molar-refractivity contribution in [1.82, 2.24) is 0 Å². The van der Waals surface area contributed by atoms with Crippen LogP contribution in [0.3, 0.4) is 0 Å². The van der Waals surface area contributed by atoms with Crippen molar-refractivity contribution < 1.29 is 37.8 Å². The quantitative estimate of drug-likeness (QED) is 0.301. The van der Waals surface area contributed by atoms with Gasteiger partial charge in [0.1, 0.15) is 6.10 Å². The summed E-state index contributed by atoms with van der Waals surface area (Å²) in [5, 5.41) is 1.84. The molecule has 0 radical (unpaired) electrons. The third kappa shape index (κ3) is 6.03. The minimum absolute atomic E-state index is 0.0146. The largest absolute Gasteiger partial charge is 0.455 e. The Bertz CT molecular complexity index is 1010. The third-order valence-electron chi connectivity index (χ3n) is 6.03. The first-order chi connectivity index (χ1) is 17.0. The zero-order valence-electron chi connectivity index (χ0n) is 21.6. The first kappa shape index (κ1) is 27.6. The Morgan fingerprint density at radius 3 is 1.61 bits per heavy atom. The predicted octanol–water partition coefficient (Wildman–Crippen LogP) is 2.71. The molecule has 0 saturated carbocycles. The van der Waals surface area contributed by atoms with Gasteiger partial charge in [-0.3, -0.25) is 14.4 Å². The fourth-order valence-electron chi connectivity index (χ4n) is 4.70. The molecule has 1 aliphatic heterocycles. The van der Waals surface area contributed by atoms with Crippen LogP contribution < -0.4 is 10.4 Å². The van der Waals surface area contributed by atoms with E-state index in [4.69, 9.17) is 23.4 Å². The smallest absolute Gasteiger partial charge is 0.305 e. The minimum atomic E-state index is -2.93. The first-order valence-corrected chi connectivity index (χ1v) is 13.8. The van der Waals surface area contributed by atoms with Crippen LogP contribution in [0.15, 0.2) is 60.7 Å². The van der Waals surface area contributed by atoms with E-state index in [2.05, 4.69) is 45.0 Å². The minimum Gasteiger partial charge on any atom is -0.455 e. The van der Waals surface area contributed by atoms with Gasteiger partial charge in [0, 0.05) is 20.8 Å². The summed E-state index contributed by atoms with van der Waals surface area (Å²) in [5.41, 5.74) is 0. The van der Waals surface area contributed by atoms with Crippen molar-refractivity contribution in [2.45, 2.75) is 71.2 Å². The maximum absolute atomic E-state index is 12.0. The number of carbonyl (C=O) groups excluding carboxylic acids is 3. The van der Waals surface area contributed by atoms with Gasteiger partial charge in [0.25, 0.3) is 8.32 Å². The van der Waals surface area contributed by atoms with E-state index in [0.717, 1.165) is 10.4 Å². The number of hydrogen-bond donors (Lipinski definition) is 0. The summed E-state index contributed by atoms with van der Waals surface area (Å²) < 4.78 is 29.0. The molecule has 3 rings (SSSR count). The van der Waals surface area contributed by atoms with Gasteiger partial charge in [0.15, 0.2) is 6.10 Å². The lowest BCUT2D eigenvalue weighted by molar-refractivity contribution is -0.196. The summed E-state index contributed by atoms with van der Waals surface area (Å²) >= 11 is 0. The molecule has 2 aromatic carbocycles. The average molecular weight is 515 g/mol. The molecule has 2 aromatic rings. The van der Waals surface area contributed by atoms with Crippen LogP contribution in [-0.2, 0) is 37.8 Å². The maximum atomic E-state index is 12.0. The molecule has 194 valence electrons. The summed E-state index contributed by atoms with van der Waals surface area (Å²) in [7, 11) is -2.93. The van der Waals surface area contributed by atoms with Crippen LogP contribution in [0.25, 0.3) is 0 Å². The number of rotatable bonds is 8. The third-order valence-corrected chi connectivity index (χ3v) is 11.0. The summed E-state index contributed by atoms with van der Waals surface area (Å²) in [4.78, 5) is 35.5. The van der Waals surface area contributed by atoms with E-state index in [0.29, 0.717) is 0 Å². The van der Waals surface area contributed by atoms with Crippen LogP contribution in [0.2, 0.25) is 5.04 Å². The Labute approximate surface area is 213 Å². The lowest BCUT2D eigenvalue weighted by Crippen LogP contribution is -2.67. The summed E-state index contributed by atoms with van der Waals surface area (Å²) in [5.74, 6) is -1.82. The highest BCUT2D eigenvalue weighted by Gasteiger charge is 2.54. The van der Waals surface area contributed by atoms with Gasteiger partial charge in [-0.05, 0) is 15.4 Å². The van der Waals surface area contributed by atoms with Gasteiger partial charge in [-0.25, -0.2) is 0 Å². The number of esters is 3. The van der Waals surface area contributed by atoms with Gasteiger partial charge in [0.05, 0.1) is 6.61 Å². The molecule has 1 heterocycles. The Morgan fingerprint density at radius 1 is 0.750 bits per heavy atom. The Balaban J connectivity index is 2.03. The van der Waals surface area contributed by atoms with E-state index >= 15 is 0 Å². The second kappa shape index (κ2) is 11.4. The van der Waals surface area contributed by atoms with Crippen LogP contribution in [0.4, 0.5) is 0 Å². The monoisotopic (exact) mass is 514 g/mol. The fourth-order valence-corrected chi connectivity index (χ4v) is 9.27. The van der Waals surface area contributed by atoms with Gasteiger partial charge >= 0.3 is 17.9 Å². The van der Waals surface area contributed by atoms with Crippen LogP contribution in [0.1, 0.15) is 41.5 Å². The zero-order chi connectivity index (χ0) is 26.5. The second-order valence-corrected chi connectivity index (χ2v) is 14.1. The van der Waals surface area contributed by atoms with Gasteiger partial charge in [-0.2, -0.15) is 0 Å². The van der Waals surface area contributed by atoms with Gasteiger partial charge in [-0.15, -0.1) is 0 Å². The molecule has 8 nitrogen and oxygen atoms in total. The Kier molecular flexibility index (Phi) is 8.70. The van der Waals surface area contributed by atoms with E-state index in [1.165, 1.54) is 20.8 Å². The molecule has 4 atom stereocenters. The standard InChI is InChI=1S/C27H34O8Si/c1-18(28)32-24-23(35-26(34-20(3)30)25(24)33-19(2)29)17-31-36(27(4,5)6,21-13-9-7-10-14-21)22-15-11-8-12-16-22/h7-16,23-26H,17H2,1-6H3/t23-,24?,25?,26?/m1/s1. The number of ether oxygens (including phenoxy) is 4. The molecule has 0 bridgehead atoms. The van der Waals surface area contributed by atoms with Crippen molar-refractivity contribution in [2.24, 2.45) is 0 Å². The van der Waals surface area contributed by atoms with Crippen molar-refractivity contribution in [1.29, 1.82) is 0 Å². The van der Waals surface area contributed by atoms with E-state index in [-0.39, 0.29) is 11.6 Å². The molecule has 0 aliphatic carbocycles. The predicted molar refractivity (Wildman–Crippen MR) is 135 cm³/mol. The van der Waals surface area contributed by atoms with Crippen LogP contribution in [0, 0.1) is 0 Å². The topological polar surface area (TPSA) is 97.4 Å². The highest BCUT2D eigenvalue weighted by molar-refractivity contribution is 6.99. The van der Waals surface area contributed by atoms with Gasteiger partial charge in [0.2, 0.25) is 12.4 Å². The highest BCUT2D eigenvalue weighted by atomic mass is 28.4. The molecule has 1 fully saturated rings. The van der Waals surface area contributed by atoms with Crippen molar-refractivity contribution in [3.8, 4) is 0 Å². The molecular weight excluding hydrogens is 480 g/mol. The molecule has 3 unspecified atom stereocenters. The lowest BCUT2D eigenvalue weighted by Gasteiger charge is -2.43. The average Bonchev–Trinajstić information content (AvgIpc) is 3.09. The van der Waals surface area contributed by atoms with Gasteiger partial charge < -0.3 is 23.4 Å². The highest BCUT2D eigenvalue weighted by Crippen LogP contribution is 2.38.